The fraction of sp³-hybridized carbons (Fsp3) is 0.636. The third kappa shape index (κ3) is 3.06. The molecule has 5 heteroatoms. The number of amides is 2. The van der Waals surface area contributed by atoms with Crippen molar-refractivity contribution in [2.45, 2.75) is 51.5 Å². The number of carbonyl (C=O) groups excluding carboxylic acids is 2. The standard InChI is InChI=1S/C22H27ClN2O2/c23-17-4-2-16(3-5-17)14-25-15-21(13-19(25)26)8-10-24(11-9-21)20(27)18-12-22(18)6-1-7-22/h2-5,18H,1,6-15H2. The van der Waals surface area contributed by atoms with Crippen LogP contribution in [-0.4, -0.2) is 41.2 Å². The van der Waals surface area contributed by atoms with Crippen LogP contribution in [0.3, 0.4) is 0 Å². The topological polar surface area (TPSA) is 40.6 Å². The van der Waals surface area contributed by atoms with Gasteiger partial charge >= 0.3 is 0 Å². The molecule has 1 aromatic carbocycles. The molecular formula is C22H27ClN2O2. The second-order valence-corrected chi connectivity index (χ2v) is 9.79. The van der Waals surface area contributed by atoms with E-state index in [4.69, 9.17) is 11.6 Å². The van der Waals surface area contributed by atoms with Crippen molar-refractivity contribution in [3.05, 3.63) is 34.9 Å². The van der Waals surface area contributed by atoms with Gasteiger partial charge in [0, 0.05) is 49.0 Å². The molecule has 5 rings (SSSR count). The van der Waals surface area contributed by atoms with Crippen LogP contribution in [0.4, 0.5) is 0 Å². The van der Waals surface area contributed by atoms with Gasteiger partial charge in [-0.1, -0.05) is 30.2 Å². The Balaban J connectivity index is 1.18. The molecule has 0 bridgehead atoms. The van der Waals surface area contributed by atoms with Crippen molar-refractivity contribution >= 4 is 23.4 Å². The molecule has 144 valence electrons. The van der Waals surface area contributed by atoms with Crippen LogP contribution in [-0.2, 0) is 16.1 Å². The van der Waals surface area contributed by atoms with Crippen LogP contribution in [0.15, 0.2) is 24.3 Å². The Morgan fingerprint density at radius 2 is 1.81 bits per heavy atom. The first-order valence-corrected chi connectivity index (χ1v) is 10.7. The molecule has 2 heterocycles. The predicted octanol–water partition coefficient (Wildman–Crippen LogP) is 3.87. The molecule has 1 aromatic rings. The Morgan fingerprint density at radius 3 is 2.41 bits per heavy atom. The maximum atomic E-state index is 12.8. The van der Waals surface area contributed by atoms with E-state index in [0.717, 1.165) is 49.5 Å². The largest absolute Gasteiger partial charge is 0.342 e. The van der Waals surface area contributed by atoms with Crippen LogP contribution in [0.5, 0.6) is 0 Å². The fourth-order valence-electron chi connectivity index (χ4n) is 5.57. The van der Waals surface area contributed by atoms with Crippen LogP contribution in [0.1, 0.15) is 50.5 Å². The summed E-state index contributed by atoms with van der Waals surface area (Å²) in [5.41, 5.74) is 1.60. The van der Waals surface area contributed by atoms with Gasteiger partial charge in [0.05, 0.1) is 0 Å². The summed E-state index contributed by atoms with van der Waals surface area (Å²) in [7, 11) is 0. The summed E-state index contributed by atoms with van der Waals surface area (Å²) in [4.78, 5) is 29.5. The number of nitrogens with zero attached hydrogens (tertiary/aromatic N) is 2. The first kappa shape index (κ1) is 17.5. The minimum Gasteiger partial charge on any atom is -0.342 e. The van der Waals surface area contributed by atoms with Gasteiger partial charge in [0.1, 0.15) is 0 Å². The molecule has 2 amide bonds. The Kier molecular flexibility index (Phi) is 4.05. The summed E-state index contributed by atoms with van der Waals surface area (Å²) in [5.74, 6) is 0.958. The molecule has 0 aromatic heterocycles. The van der Waals surface area contributed by atoms with E-state index >= 15 is 0 Å². The van der Waals surface area contributed by atoms with E-state index < -0.39 is 0 Å². The molecule has 4 aliphatic rings. The monoisotopic (exact) mass is 386 g/mol. The van der Waals surface area contributed by atoms with E-state index in [1.54, 1.807) is 0 Å². The van der Waals surface area contributed by atoms with Gasteiger partial charge < -0.3 is 9.80 Å². The average Bonchev–Trinajstić information content (AvgIpc) is 3.33. The third-order valence-electron chi connectivity index (χ3n) is 7.66. The maximum absolute atomic E-state index is 12.8. The summed E-state index contributed by atoms with van der Waals surface area (Å²) in [5, 5.41) is 0.722. The minimum atomic E-state index is 0.0675. The zero-order chi connectivity index (χ0) is 18.6. The molecule has 0 radical (unpaired) electrons. The highest BCUT2D eigenvalue weighted by Gasteiger charge is 2.62. The lowest BCUT2D eigenvalue weighted by atomic mass is 9.77. The Morgan fingerprint density at radius 1 is 1.11 bits per heavy atom. The van der Waals surface area contributed by atoms with Gasteiger partial charge in [0.25, 0.3) is 0 Å². The van der Waals surface area contributed by atoms with Crippen molar-refractivity contribution in [3.63, 3.8) is 0 Å². The van der Waals surface area contributed by atoms with E-state index in [-0.39, 0.29) is 11.3 Å². The van der Waals surface area contributed by atoms with Gasteiger partial charge in [-0.15, -0.1) is 0 Å². The number of hydrogen-bond acceptors (Lipinski definition) is 2. The van der Waals surface area contributed by atoms with Gasteiger partial charge in [-0.05, 0) is 55.2 Å². The first-order chi connectivity index (χ1) is 13.0. The fourth-order valence-corrected chi connectivity index (χ4v) is 5.70. The molecule has 0 N–H and O–H groups in total. The molecular weight excluding hydrogens is 360 g/mol. The first-order valence-electron chi connectivity index (χ1n) is 10.3. The van der Waals surface area contributed by atoms with Crippen molar-refractivity contribution in [2.24, 2.45) is 16.7 Å². The summed E-state index contributed by atoms with van der Waals surface area (Å²) in [6.07, 6.45) is 7.50. The zero-order valence-corrected chi connectivity index (χ0v) is 16.5. The molecule has 2 spiro atoms. The highest BCUT2D eigenvalue weighted by atomic mass is 35.5. The normalized spacial score (nSPS) is 27.9. The van der Waals surface area contributed by atoms with Crippen LogP contribution in [0.25, 0.3) is 0 Å². The maximum Gasteiger partial charge on any atom is 0.226 e. The van der Waals surface area contributed by atoms with Crippen molar-refractivity contribution < 1.29 is 9.59 Å². The van der Waals surface area contributed by atoms with Crippen LogP contribution in [0, 0.1) is 16.7 Å². The summed E-state index contributed by atoms with van der Waals surface area (Å²) in [6, 6.07) is 7.75. The van der Waals surface area contributed by atoms with Gasteiger partial charge in [-0.3, -0.25) is 9.59 Å². The highest BCUT2D eigenvalue weighted by Crippen LogP contribution is 2.66. The molecule has 4 nitrogen and oxygen atoms in total. The average molecular weight is 387 g/mol. The smallest absolute Gasteiger partial charge is 0.226 e. The Bertz CT molecular complexity index is 763. The minimum absolute atomic E-state index is 0.0675. The number of benzene rings is 1. The van der Waals surface area contributed by atoms with E-state index in [1.807, 2.05) is 29.2 Å². The van der Waals surface area contributed by atoms with Crippen molar-refractivity contribution in [3.8, 4) is 0 Å². The number of halogens is 1. The quantitative estimate of drug-likeness (QED) is 0.791. The lowest BCUT2D eigenvalue weighted by Crippen LogP contribution is -2.45. The molecule has 1 unspecified atom stereocenters. The molecule has 2 saturated carbocycles. The van der Waals surface area contributed by atoms with Crippen molar-refractivity contribution in [2.75, 3.05) is 19.6 Å². The van der Waals surface area contributed by atoms with Crippen molar-refractivity contribution in [1.29, 1.82) is 0 Å². The number of likely N-dealkylation sites (tertiary alicyclic amines) is 2. The molecule has 27 heavy (non-hydrogen) atoms. The molecule has 1 atom stereocenters. The number of carbonyl (C=O) groups is 2. The molecule has 4 fully saturated rings. The van der Waals surface area contributed by atoms with Crippen LogP contribution < -0.4 is 0 Å². The van der Waals surface area contributed by atoms with E-state index in [2.05, 4.69) is 4.90 Å². The van der Waals surface area contributed by atoms with Crippen LogP contribution in [0.2, 0.25) is 5.02 Å². The molecule has 2 aliphatic carbocycles. The predicted molar refractivity (Wildman–Crippen MR) is 104 cm³/mol. The van der Waals surface area contributed by atoms with E-state index in [1.165, 1.54) is 19.3 Å². The zero-order valence-electron chi connectivity index (χ0n) is 15.8. The second kappa shape index (κ2) is 6.23. The van der Waals surface area contributed by atoms with Gasteiger partial charge in [-0.2, -0.15) is 0 Å². The molecule has 2 aliphatic heterocycles. The molecule has 2 saturated heterocycles. The highest BCUT2D eigenvalue weighted by molar-refractivity contribution is 6.30. The number of hydrogen-bond donors (Lipinski definition) is 0. The SMILES string of the molecule is O=C1CC2(CCN(C(=O)C3CC34CCC4)CC2)CN1Cc1ccc(Cl)cc1. The summed E-state index contributed by atoms with van der Waals surface area (Å²) >= 11 is 5.96. The van der Waals surface area contributed by atoms with Crippen molar-refractivity contribution in [1.82, 2.24) is 9.80 Å². The van der Waals surface area contributed by atoms with Gasteiger partial charge in [0.2, 0.25) is 11.8 Å². The van der Waals surface area contributed by atoms with Crippen LogP contribution >= 0.6 is 11.6 Å². The third-order valence-corrected chi connectivity index (χ3v) is 7.92. The Labute approximate surface area is 165 Å². The Hall–Kier alpha value is -1.55. The second-order valence-electron chi connectivity index (χ2n) is 9.35. The van der Waals surface area contributed by atoms with E-state index in [0.29, 0.717) is 30.2 Å². The lowest BCUT2D eigenvalue weighted by molar-refractivity contribution is -0.136. The van der Waals surface area contributed by atoms with Gasteiger partial charge in [-0.25, -0.2) is 0 Å². The van der Waals surface area contributed by atoms with Gasteiger partial charge in [0.15, 0.2) is 0 Å². The number of piperidine rings is 1. The van der Waals surface area contributed by atoms with E-state index in [9.17, 15) is 9.59 Å². The summed E-state index contributed by atoms with van der Waals surface area (Å²) < 4.78 is 0. The number of rotatable bonds is 3. The lowest BCUT2D eigenvalue weighted by Gasteiger charge is -2.39. The summed E-state index contributed by atoms with van der Waals surface area (Å²) in [6.45, 7) is 3.13.